The van der Waals surface area contributed by atoms with Crippen molar-refractivity contribution in [3.63, 3.8) is 0 Å². The zero-order chi connectivity index (χ0) is 12.5. The number of carbonyl (C=O) groups is 1. The molecule has 1 aliphatic carbocycles. The van der Waals surface area contributed by atoms with Gasteiger partial charge in [-0.1, -0.05) is 12.8 Å². The molecular formula is C14H19N3O. The molecule has 1 aliphatic heterocycles. The predicted octanol–water partition coefficient (Wildman–Crippen LogP) is 2.07. The highest BCUT2D eigenvalue weighted by Gasteiger charge is 2.38. The van der Waals surface area contributed by atoms with Gasteiger partial charge in [0.1, 0.15) is 5.82 Å². The maximum atomic E-state index is 12.5. The van der Waals surface area contributed by atoms with E-state index in [1.54, 1.807) is 18.3 Å². The topological polar surface area (TPSA) is 59.2 Å². The van der Waals surface area contributed by atoms with E-state index < -0.39 is 0 Å². The van der Waals surface area contributed by atoms with Crippen molar-refractivity contribution in [1.29, 1.82) is 0 Å². The minimum absolute atomic E-state index is 0.0648. The summed E-state index contributed by atoms with van der Waals surface area (Å²) in [7, 11) is 0. The summed E-state index contributed by atoms with van der Waals surface area (Å²) >= 11 is 0. The van der Waals surface area contributed by atoms with E-state index in [2.05, 4.69) is 4.98 Å². The first-order valence-corrected chi connectivity index (χ1v) is 6.79. The number of anilines is 1. The zero-order valence-corrected chi connectivity index (χ0v) is 10.5. The molecule has 18 heavy (non-hydrogen) atoms. The van der Waals surface area contributed by atoms with Gasteiger partial charge in [-0.05, 0) is 37.3 Å². The summed E-state index contributed by atoms with van der Waals surface area (Å²) in [5.74, 6) is 1.12. The lowest BCUT2D eigenvalue weighted by molar-refractivity contribution is 0.0691. The normalized spacial score (nSPS) is 27.0. The van der Waals surface area contributed by atoms with E-state index in [0.717, 1.165) is 19.4 Å². The maximum Gasteiger partial charge on any atom is 0.257 e. The molecule has 2 fully saturated rings. The van der Waals surface area contributed by atoms with Crippen LogP contribution >= 0.6 is 0 Å². The van der Waals surface area contributed by atoms with Crippen LogP contribution in [0.3, 0.4) is 0 Å². The predicted molar refractivity (Wildman–Crippen MR) is 70.0 cm³/mol. The first-order valence-electron chi connectivity index (χ1n) is 6.79. The molecule has 1 saturated carbocycles. The van der Waals surface area contributed by atoms with Crippen LogP contribution in [-0.4, -0.2) is 28.4 Å². The smallest absolute Gasteiger partial charge is 0.257 e. The second kappa shape index (κ2) is 4.59. The molecule has 0 bridgehead atoms. The molecule has 0 radical (unpaired) electrons. The number of hydrogen-bond donors (Lipinski definition) is 1. The van der Waals surface area contributed by atoms with Crippen molar-refractivity contribution in [3.05, 3.63) is 23.9 Å². The molecule has 3 rings (SSSR count). The molecule has 1 amide bonds. The Morgan fingerprint density at radius 2 is 2.17 bits per heavy atom. The number of nitrogens with zero attached hydrogens (tertiary/aromatic N) is 2. The number of fused-ring (bicyclic) bond motifs is 1. The molecule has 4 heteroatoms. The van der Waals surface area contributed by atoms with Crippen LogP contribution in [0.5, 0.6) is 0 Å². The quantitative estimate of drug-likeness (QED) is 0.824. The van der Waals surface area contributed by atoms with Crippen molar-refractivity contribution in [2.24, 2.45) is 5.92 Å². The highest BCUT2D eigenvalue weighted by molar-refractivity contribution is 5.98. The van der Waals surface area contributed by atoms with E-state index in [9.17, 15) is 4.79 Å². The SMILES string of the molecule is Nc1ncccc1C(=O)N1CCC2CCCCC21. The van der Waals surface area contributed by atoms with Gasteiger partial charge in [0.05, 0.1) is 5.56 Å². The fourth-order valence-electron chi connectivity index (χ4n) is 3.41. The van der Waals surface area contributed by atoms with Crippen LogP contribution in [0.2, 0.25) is 0 Å². The van der Waals surface area contributed by atoms with Crippen LogP contribution in [-0.2, 0) is 0 Å². The molecule has 2 unspecified atom stereocenters. The fourth-order valence-corrected chi connectivity index (χ4v) is 3.41. The highest BCUT2D eigenvalue weighted by Crippen LogP contribution is 2.37. The number of hydrogen-bond acceptors (Lipinski definition) is 3. The standard InChI is InChI=1S/C14H19N3O/c15-13-11(5-3-8-16-13)14(18)17-9-7-10-4-1-2-6-12(10)17/h3,5,8,10,12H,1-2,4,6-7,9H2,(H2,15,16). The average Bonchev–Trinajstić information content (AvgIpc) is 2.82. The van der Waals surface area contributed by atoms with Gasteiger partial charge in [-0.2, -0.15) is 0 Å². The van der Waals surface area contributed by atoms with E-state index in [1.165, 1.54) is 19.3 Å². The Morgan fingerprint density at radius 3 is 3.00 bits per heavy atom. The van der Waals surface area contributed by atoms with Gasteiger partial charge in [0, 0.05) is 18.8 Å². The summed E-state index contributed by atoms with van der Waals surface area (Å²) in [6.07, 6.45) is 7.76. The summed E-state index contributed by atoms with van der Waals surface area (Å²) in [5, 5.41) is 0. The van der Waals surface area contributed by atoms with Crippen LogP contribution in [0.25, 0.3) is 0 Å². The number of likely N-dealkylation sites (tertiary alicyclic amines) is 1. The number of carbonyl (C=O) groups excluding carboxylic acids is 1. The summed E-state index contributed by atoms with van der Waals surface area (Å²) in [5.41, 5.74) is 6.36. The molecule has 0 spiro atoms. The van der Waals surface area contributed by atoms with Crippen molar-refractivity contribution in [2.45, 2.75) is 38.1 Å². The van der Waals surface area contributed by atoms with Gasteiger partial charge in [-0.3, -0.25) is 4.79 Å². The zero-order valence-electron chi connectivity index (χ0n) is 10.5. The fraction of sp³-hybridized carbons (Fsp3) is 0.571. The molecule has 2 N–H and O–H groups in total. The van der Waals surface area contributed by atoms with Crippen LogP contribution in [0, 0.1) is 5.92 Å². The molecule has 2 heterocycles. The van der Waals surface area contributed by atoms with Crippen LogP contribution < -0.4 is 5.73 Å². The summed E-state index contributed by atoms with van der Waals surface area (Å²) in [4.78, 5) is 18.6. The third kappa shape index (κ3) is 1.85. The van der Waals surface area contributed by atoms with Crippen molar-refractivity contribution in [3.8, 4) is 0 Å². The van der Waals surface area contributed by atoms with Gasteiger partial charge in [-0.15, -0.1) is 0 Å². The minimum Gasteiger partial charge on any atom is -0.383 e. The molecule has 1 aromatic rings. The third-order valence-corrected chi connectivity index (χ3v) is 4.34. The van der Waals surface area contributed by atoms with Crippen LogP contribution in [0.1, 0.15) is 42.5 Å². The molecule has 4 nitrogen and oxygen atoms in total. The number of nitrogens with two attached hydrogens (primary N) is 1. The molecular weight excluding hydrogens is 226 g/mol. The van der Waals surface area contributed by atoms with Gasteiger partial charge in [0.15, 0.2) is 0 Å². The third-order valence-electron chi connectivity index (χ3n) is 4.34. The lowest BCUT2D eigenvalue weighted by Crippen LogP contribution is -2.39. The monoisotopic (exact) mass is 245 g/mol. The molecule has 2 atom stereocenters. The van der Waals surface area contributed by atoms with E-state index in [4.69, 9.17) is 5.73 Å². The van der Waals surface area contributed by atoms with Crippen molar-refractivity contribution in [1.82, 2.24) is 9.88 Å². The second-order valence-corrected chi connectivity index (χ2v) is 5.34. The van der Waals surface area contributed by atoms with Gasteiger partial charge in [0.25, 0.3) is 5.91 Å². The molecule has 1 aromatic heterocycles. The Bertz CT molecular complexity index is 460. The van der Waals surface area contributed by atoms with Gasteiger partial charge in [-0.25, -0.2) is 4.98 Å². The highest BCUT2D eigenvalue weighted by atomic mass is 16.2. The number of pyridine rings is 1. The van der Waals surface area contributed by atoms with E-state index >= 15 is 0 Å². The largest absolute Gasteiger partial charge is 0.383 e. The summed E-state index contributed by atoms with van der Waals surface area (Å²) in [6.45, 7) is 0.877. The molecule has 2 aliphatic rings. The Morgan fingerprint density at radius 1 is 1.33 bits per heavy atom. The summed E-state index contributed by atoms with van der Waals surface area (Å²) < 4.78 is 0. The molecule has 1 saturated heterocycles. The lowest BCUT2D eigenvalue weighted by Gasteiger charge is -2.31. The van der Waals surface area contributed by atoms with E-state index in [-0.39, 0.29) is 5.91 Å². The van der Waals surface area contributed by atoms with Gasteiger partial charge in [0.2, 0.25) is 0 Å². The number of amides is 1. The molecule has 0 aromatic carbocycles. The van der Waals surface area contributed by atoms with Crippen molar-refractivity contribution >= 4 is 11.7 Å². The van der Waals surface area contributed by atoms with Gasteiger partial charge >= 0.3 is 0 Å². The first-order chi connectivity index (χ1) is 8.77. The Kier molecular flexibility index (Phi) is 2.94. The maximum absolute atomic E-state index is 12.5. The molecule has 96 valence electrons. The summed E-state index contributed by atoms with van der Waals surface area (Å²) in [6, 6.07) is 3.99. The lowest BCUT2D eigenvalue weighted by atomic mass is 9.85. The minimum atomic E-state index is 0.0648. The van der Waals surface area contributed by atoms with E-state index in [0.29, 0.717) is 23.3 Å². The number of nitrogen functional groups attached to an aromatic ring is 1. The second-order valence-electron chi connectivity index (χ2n) is 5.34. The van der Waals surface area contributed by atoms with Crippen molar-refractivity contribution in [2.75, 3.05) is 12.3 Å². The number of rotatable bonds is 1. The Hall–Kier alpha value is -1.58. The Labute approximate surface area is 107 Å². The van der Waals surface area contributed by atoms with E-state index in [1.807, 2.05) is 4.90 Å². The first kappa shape index (κ1) is 11.5. The Balaban J connectivity index is 1.83. The van der Waals surface area contributed by atoms with Crippen LogP contribution in [0.4, 0.5) is 5.82 Å². The van der Waals surface area contributed by atoms with Crippen LogP contribution in [0.15, 0.2) is 18.3 Å². The average molecular weight is 245 g/mol. The van der Waals surface area contributed by atoms with Crippen molar-refractivity contribution < 1.29 is 4.79 Å². The van der Waals surface area contributed by atoms with Gasteiger partial charge < -0.3 is 10.6 Å². The number of aromatic nitrogens is 1.